The fourth-order valence-electron chi connectivity index (χ4n) is 2.86. The number of alkyl halides is 3. The summed E-state index contributed by atoms with van der Waals surface area (Å²) in [7, 11) is 0. The lowest BCUT2D eigenvalue weighted by atomic mass is 9.96. The fraction of sp³-hybridized carbons (Fsp3) is 0.263. The normalized spacial score (nSPS) is 19.9. The van der Waals surface area contributed by atoms with Gasteiger partial charge in [0.25, 0.3) is 0 Å². The van der Waals surface area contributed by atoms with Crippen molar-refractivity contribution in [3.63, 3.8) is 0 Å². The second-order valence-corrected chi connectivity index (χ2v) is 6.41. The van der Waals surface area contributed by atoms with Gasteiger partial charge in [-0.25, -0.2) is 4.39 Å². The minimum Gasteiger partial charge on any atom is -0.365 e. The summed E-state index contributed by atoms with van der Waals surface area (Å²) in [6, 6.07) is 11.2. The number of amides is 1. The molecule has 1 aliphatic rings. The van der Waals surface area contributed by atoms with Crippen LogP contribution in [0.15, 0.2) is 53.6 Å². The topological polar surface area (TPSA) is 52.9 Å². The predicted octanol–water partition coefficient (Wildman–Crippen LogP) is 3.67. The van der Waals surface area contributed by atoms with Crippen molar-refractivity contribution in [2.24, 2.45) is 5.10 Å². The van der Waals surface area contributed by atoms with Crippen molar-refractivity contribution >= 4 is 11.6 Å². The summed E-state index contributed by atoms with van der Waals surface area (Å²) in [6.07, 6.45) is -5.97. The number of hydrazone groups is 1. The molecule has 0 aliphatic carbocycles. The second kappa shape index (κ2) is 6.77. The molecule has 1 heterocycles. The first-order valence-corrected chi connectivity index (χ1v) is 8.11. The Labute approximate surface area is 152 Å². The van der Waals surface area contributed by atoms with E-state index in [1.165, 1.54) is 0 Å². The Bertz CT molecular complexity index is 876. The van der Waals surface area contributed by atoms with Gasteiger partial charge in [-0.1, -0.05) is 42.0 Å². The molecule has 0 bridgehead atoms. The number of benzene rings is 2. The highest BCUT2D eigenvalue weighted by atomic mass is 19.4. The Morgan fingerprint density at radius 3 is 2.30 bits per heavy atom. The van der Waals surface area contributed by atoms with Crippen LogP contribution in [0.1, 0.15) is 23.1 Å². The molecule has 0 saturated heterocycles. The number of carbonyl (C=O) groups excluding carboxylic acids is 1. The van der Waals surface area contributed by atoms with E-state index in [0.29, 0.717) is 10.6 Å². The minimum absolute atomic E-state index is 0.0517. The van der Waals surface area contributed by atoms with Gasteiger partial charge in [0, 0.05) is 5.56 Å². The molecule has 0 spiro atoms. The SMILES string of the molecule is Cc1ccc(CC(=O)N2N=C(C(F)(F)F)CC2(O)c2ccc(F)cc2)cc1. The van der Waals surface area contributed by atoms with Crippen molar-refractivity contribution < 1.29 is 27.5 Å². The number of carbonyl (C=O) groups is 1. The van der Waals surface area contributed by atoms with Crippen LogP contribution in [-0.4, -0.2) is 27.9 Å². The van der Waals surface area contributed by atoms with Crippen molar-refractivity contribution in [2.45, 2.75) is 31.7 Å². The number of halogens is 4. The third-order valence-corrected chi connectivity index (χ3v) is 4.33. The van der Waals surface area contributed by atoms with Gasteiger partial charge in [0.1, 0.15) is 11.5 Å². The van der Waals surface area contributed by atoms with Gasteiger partial charge in [0.2, 0.25) is 5.91 Å². The highest BCUT2D eigenvalue weighted by Gasteiger charge is 2.52. The van der Waals surface area contributed by atoms with Gasteiger partial charge in [-0.05, 0) is 24.6 Å². The molecule has 1 atom stereocenters. The van der Waals surface area contributed by atoms with Gasteiger partial charge >= 0.3 is 6.18 Å². The zero-order chi connectivity index (χ0) is 19.8. The van der Waals surface area contributed by atoms with E-state index in [4.69, 9.17) is 0 Å². The highest BCUT2D eigenvalue weighted by molar-refractivity contribution is 5.95. The molecule has 0 radical (unpaired) electrons. The van der Waals surface area contributed by atoms with E-state index in [1.807, 2.05) is 6.92 Å². The van der Waals surface area contributed by atoms with Crippen LogP contribution in [0.25, 0.3) is 0 Å². The Morgan fingerprint density at radius 1 is 1.15 bits per heavy atom. The Balaban J connectivity index is 1.96. The molecule has 2 aromatic carbocycles. The van der Waals surface area contributed by atoms with Crippen LogP contribution in [0.3, 0.4) is 0 Å². The number of nitrogens with zero attached hydrogens (tertiary/aromatic N) is 2. The molecule has 1 aliphatic heterocycles. The van der Waals surface area contributed by atoms with Gasteiger partial charge in [-0.2, -0.15) is 23.3 Å². The fourth-order valence-corrected chi connectivity index (χ4v) is 2.86. The molecule has 0 saturated carbocycles. The first-order valence-electron chi connectivity index (χ1n) is 8.11. The Kier molecular flexibility index (Phi) is 4.77. The lowest BCUT2D eigenvalue weighted by Crippen LogP contribution is -2.44. The molecular weight excluding hydrogens is 364 g/mol. The van der Waals surface area contributed by atoms with E-state index < -0.39 is 35.8 Å². The average Bonchev–Trinajstić information content (AvgIpc) is 2.97. The van der Waals surface area contributed by atoms with Crippen LogP contribution in [-0.2, 0) is 16.9 Å². The van der Waals surface area contributed by atoms with Crippen molar-refractivity contribution in [1.29, 1.82) is 0 Å². The van der Waals surface area contributed by atoms with Crippen LogP contribution in [0.5, 0.6) is 0 Å². The maximum Gasteiger partial charge on any atom is 0.431 e. The maximum atomic E-state index is 13.2. The van der Waals surface area contributed by atoms with Gasteiger partial charge in [0.15, 0.2) is 5.72 Å². The molecule has 142 valence electrons. The monoisotopic (exact) mass is 380 g/mol. The van der Waals surface area contributed by atoms with Crippen LogP contribution in [0.4, 0.5) is 17.6 Å². The maximum absolute atomic E-state index is 13.2. The van der Waals surface area contributed by atoms with Gasteiger partial charge in [-0.3, -0.25) is 4.79 Å². The Hall–Kier alpha value is -2.74. The number of aryl methyl sites for hydroxylation is 1. The first-order chi connectivity index (χ1) is 12.6. The lowest BCUT2D eigenvalue weighted by Gasteiger charge is -2.31. The zero-order valence-electron chi connectivity index (χ0n) is 14.3. The summed E-state index contributed by atoms with van der Waals surface area (Å²) >= 11 is 0. The Morgan fingerprint density at radius 2 is 1.74 bits per heavy atom. The molecule has 0 fully saturated rings. The summed E-state index contributed by atoms with van der Waals surface area (Å²) in [5.74, 6) is -1.42. The quantitative estimate of drug-likeness (QED) is 0.826. The molecule has 0 aromatic heterocycles. The predicted molar refractivity (Wildman–Crippen MR) is 90.1 cm³/mol. The molecule has 27 heavy (non-hydrogen) atoms. The summed E-state index contributed by atoms with van der Waals surface area (Å²) in [4.78, 5) is 12.6. The molecule has 8 heteroatoms. The third-order valence-electron chi connectivity index (χ3n) is 4.33. The number of aliphatic hydroxyl groups is 1. The summed E-state index contributed by atoms with van der Waals surface area (Å²) in [5, 5.41) is 14.7. The smallest absolute Gasteiger partial charge is 0.365 e. The molecule has 1 N–H and O–H groups in total. The van der Waals surface area contributed by atoms with E-state index in [1.54, 1.807) is 24.3 Å². The minimum atomic E-state index is -4.80. The number of rotatable bonds is 3. The molecule has 4 nitrogen and oxygen atoms in total. The molecule has 1 amide bonds. The molecule has 2 aromatic rings. The van der Waals surface area contributed by atoms with Crippen LogP contribution >= 0.6 is 0 Å². The molecular formula is C19H16F4N2O2. The lowest BCUT2D eigenvalue weighted by molar-refractivity contribution is -0.157. The third kappa shape index (κ3) is 3.85. The van der Waals surface area contributed by atoms with E-state index in [-0.39, 0.29) is 12.0 Å². The van der Waals surface area contributed by atoms with Crippen molar-refractivity contribution in [3.8, 4) is 0 Å². The standard InChI is InChI=1S/C19H16F4N2O2/c1-12-2-4-13(5-3-12)10-17(26)25-18(27,11-16(24-25)19(21,22)23)14-6-8-15(20)9-7-14/h2-9,27H,10-11H2,1H3. The van der Waals surface area contributed by atoms with Gasteiger partial charge in [-0.15, -0.1) is 0 Å². The number of hydrogen-bond acceptors (Lipinski definition) is 3. The van der Waals surface area contributed by atoms with Crippen molar-refractivity contribution in [1.82, 2.24) is 5.01 Å². The average molecular weight is 380 g/mol. The largest absolute Gasteiger partial charge is 0.431 e. The van der Waals surface area contributed by atoms with Crippen LogP contribution in [0.2, 0.25) is 0 Å². The van der Waals surface area contributed by atoms with Crippen LogP contribution < -0.4 is 0 Å². The summed E-state index contributed by atoms with van der Waals surface area (Å²) in [6.45, 7) is 1.86. The highest BCUT2D eigenvalue weighted by Crippen LogP contribution is 2.40. The van der Waals surface area contributed by atoms with E-state index in [2.05, 4.69) is 5.10 Å². The zero-order valence-corrected chi connectivity index (χ0v) is 14.3. The van der Waals surface area contributed by atoms with Crippen molar-refractivity contribution in [2.75, 3.05) is 0 Å². The second-order valence-electron chi connectivity index (χ2n) is 6.41. The van der Waals surface area contributed by atoms with Gasteiger partial charge in [0.05, 0.1) is 12.8 Å². The summed E-state index contributed by atoms with van der Waals surface area (Å²) < 4.78 is 52.6. The first kappa shape index (κ1) is 19.0. The van der Waals surface area contributed by atoms with E-state index in [9.17, 15) is 27.5 Å². The number of hydrogen-bond donors (Lipinski definition) is 1. The molecule has 1 unspecified atom stereocenters. The van der Waals surface area contributed by atoms with E-state index >= 15 is 0 Å². The summed E-state index contributed by atoms with van der Waals surface area (Å²) in [5.41, 5.74) is -2.12. The van der Waals surface area contributed by atoms with Crippen molar-refractivity contribution in [3.05, 3.63) is 71.0 Å². The van der Waals surface area contributed by atoms with Crippen LogP contribution in [0, 0.1) is 12.7 Å². The van der Waals surface area contributed by atoms with E-state index in [0.717, 1.165) is 29.8 Å². The molecule has 3 rings (SSSR count). The van der Waals surface area contributed by atoms with Gasteiger partial charge < -0.3 is 5.11 Å².